The Morgan fingerprint density at radius 3 is 2.33 bits per heavy atom. The maximum Gasteiger partial charge on any atom is 0.252 e. The summed E-state index contributed by atoms with van der Waals surface area (Å²) in [5.74, 6) is -1.67. The first-order valence-corrected chi connectivity index (χ1v) is 8.47. The van der Waals surface area contributed by atoms with Crippen LogP contribution in [0.4, 0.5) is 8.78 Å². The van der Waals surface area contributed by atoms with Crippen LogP contribution in [0.2, 0.25) is 5.02 Å². The molecule has 0 aliphatic carbocycles. The fourth-order valence-electron chi connectivity index (χ4n) is 2.64. The Labute approximate surface area is 161 Å². The fourth-order valence-corrected chi connectivity index (χ4v) is 2.88. The minimum absolute atomic E-state index is 0.125. The van der Waals surface area contributed by atoms with E-state index in [2.05, 4.69) is 5.32 Å². The summed E-state index contributed by atoms with van der Waals surface area (Å²) >= 11 is 5.86. The summed E-state index contributed by atoms with van der Waals surface area (Å²) in [5.41, 5.74) is 0.759. The van der Waals surface area contributed by atoms with E-state index in [-0.39, 0.29) is 23.2 Å². The van der Waals surface area contributed by atoms with Gasteiger partial charge >= 0.3 is 0 Å². The zero-order chi connectivity index (χ0) is 20.1. The molecule has 0 saturated carbocycles. The van der Waals surface area contributed by atoms with Crippen molar-refractivity contribution in [3.05, 3.63) is 58.1 Å². The van der Waals surface area contributed by atoms with Crippen molar-refractivity contribution in [1.29, 1.82) is 0 Å². The molecule has 1 N–H and O–H groups in total. The third-order valence-electron chi connectivity index (χ3n) is 4.13. The molecule has 1 atom stereocenters. The molecule has 2 aromatic carbocycles. The van der Waals surface area contributed by atoms with Gasteiger partial charge in [-0.25, -0.2) is 8.78 Å². The monoisotopic (exact) mass is 398 g/mol. The number of hydrogen-bond donors (Lipinski definition) is 1. The highest BCUT2D eigenvalue weighted by Gasteiger charge is 2.20. The standard InChI is InChI=1S/C19H21ClF2N2O3/c1-24(2)16(11-5-6-17(26-3)18(7-11)27-4)10-23-19(25)12-8-14(21)15(22)9-13(12)20/h5-9,16H,10H2,1-4H3,(H,23,25). The third kappa shape index (κ3) is 4.87. The van der Waals surface area contributed by atoms with Crippen molar-refractivity contribution in [2.45, 2.75) is 6.04 Å². The number of amides is 1. The first-order valence-electron chi connectivity index (χ1n) is 8.09. The largest absolute Gasteiger partial charge is 0.493 e. The molecule has 5 nitrogen and oxygen atoms in total. The van der Waals surface area contributed by atoms with Crippen LogP contribution in [-0.4, -0.2) is 45.7 Å². The number of benzene rings is 2. The number of likely N-dealkylation sites (N-methyl/N-ethyl adjacent to an activating group) is 1. The second kappa shape index (κ2) is 9.01. The zero-order valence-corrected chi connectivity index (χ0v) is 16.2. The zero-order valence-electron chi connectivity index (χ0n) is 15.5. The van der Waals surface area contributed by atoms with E-state index in [1.54, 1.807) is 20.3 Å². The smallest absolute Gasteiger partial charge is 0.252 e. The van der Waals surface area contributed by atoms with Gasteiger partial charge in [0.2, 0.25) is 0 Å². The molecule has 0 heterocycles. The second-order valence-corrected chi connectivity index (χ2v) is 6.46. The van der Waals surface area contributed by atoms with Crippen molar-refractivity contribution < 1.29 is 23.0 Å². The summed E-state index contributed by atoms with van der Waals surface area (Å²) in [6, 6.07) is 6.83. The van der Waals surface area contributed by atoms with Crippen LogP contribution in [0.15, 0.2) is 30.3 Å². The van der Waals surface area contributed by atoms with Crippen molar-refractivity contribution >= 4 is 17.5 Å². The van der Waals surface area contributed by atoms with Crippen molar-refractivity contribution in [2.24, 2.45) is 0 Å². The molecule has 2 rings (SSSR count). The van der Waals surface area contributed by atoms with Crippen LogP contribution in [0.1, 0.15) is 22.0 Å². The van der Waals surface area contributed by atoms with Gasteiger partial charge in [-0.2, -0.15) is 0 Å². The Balaban J connectivity index is 2.20. The average molecular weight is 399 g/mol. The van der Waals surface area contributed by atoms with Crippen molar-refractivity contribution in [3.8, 4) is 11.5 Å². The number of ether oxygens (including phenoxy) is 2. The molecule has 0 radical (unpaired) electrons. The molecule has 0 spiro atoms. The van der Waals surface area contributed by atoms with Gasteiger partial charge in [-0.05, 0) is 43.9 Å². The lowest BCUT2D eigenvalue weighted by Crippen LogP contribution is -2.34. The van der Waals surface area contributed by atoms with Gasteiger partial charge in [0.05, 0.1) is 30.8 Å². The topological polar surface area (TPSA) is 50.8 Å². The van der Waals surface area contributed by atoms with E-state index in [1.165, 1.54) is 0 Å². The molecule has 0 fully saturated rings. The number of nitrogens with zero attached hydrogens (tertiary/aromatic N) is 1. The minimum Gasteiger partial charge on any atom is -0.493 e. The van der Waals surface area contributed by atoms with Crippen LogP contribution in [0.5, 0.6) is 11.5 Å². The molecular weight excluding hydrogens is 378 g/mol. The lowest BCUT2D eigenvalue weighted by Gasteiger charge is -2.26. The number of carbonyl (C=O) groups excluding carboxylic acids is 1. The van der Waals surface area contributed by atoms with E-state index < -0.39 is 17.5 Å². The summed E-state index contributed by atoms with van der Waals surface area (Å²) in [6.45, 7) is 0.219. The highest BCUT2D eigenvalue weighted by Crippen LogP contribution is 2.31. The van der Waals surface area contributed by atoms with Gasteiger partial charge in [-0.15, -0.1) is 0 Å². The molecule has 27 heavy (non-hydrogen) atoms. The number of rotatable bonds is 7. The number of hydrogen-bond acceptors (Lipinski definition) is 4. The number of nitrogens with one attached hydrogen (secondary N) is 1. The predicted molar refractivity (Wildman–Crippen MR) is 99.7 cm³/mol. The summed E-state index contributed by atoms with van der Waals surface area (Å²) in [6.07, 6.45) is 0. The maximum atomic E-state index is 13.4. The molecule has 1 unspecified atom stereocenters. The summed E-state index contributed by atoms with van der Waals surface area (Å²) in [7, 11) is 6.81. The SMILES string of the molecule is COc1ccc(C(CNC(=O)c2cc(F)c(F)cc2Cl)N(C)C)cc1OC. The molecule has 0 bridgehead atoms. The van der Waals surface area contributed by atoms with Crippen LogP contribution >= 0.6 is 11.6 Å². The van der Waals surface area contributed by atoms with Gasteiger partial charge in [0.1, 0.15) is 0 Å². The molecule has 0 aliphatic heterocycles. The molecule has 2 aromatic rings. The summed E-state index contributed by atoms with van der Waals surface area (Å²) < 4.78 is 37.1. The van der Waals surface area contributed by atoms with Gasteiger partial charge in [0.25, 0.3) is 5.91 Å². The molecule has 0 aliphatic rings. The highest BCUT2D eigenvalue weighted by molar-refractivity contribution is 6.33. The van der Waals surface area contributed by atoms with E-state index in [0.717, 1.165) is 17.7 Å². The third-order valence-corrected chi connectivity index (χ3v) is 4.44. The second-order valence-electron chi connectivity index (χ2n) is 6.05. The van der Waals surface area contributed by atoms with Crippen molar-refractivity contribution in [1.82, 2.24) is 10.2 Å². The summed E-state index contributed by atoms with van der Waals surface area (Å²) in [4.78, 5) is 14.3. The van der Waals surface area contributed by atoms with Crippen LogP contribution in [-0.2, 0) is 0 Å². The Kier molecular flexibility index (Phi) is 6.98. The molecule has 8 heteroatoms. The lowest BCUT2D eigenvalue weighted by molar-refractivity contribution is 0.0941. The van der Waals surface area contributed by atoms with Crippen molar-refractivity contribution in [2.75, 3.05) is 34.9 Å². The Bertz CT molecular complexity index is 831. The molecule has 0 saturated heterocycles. The Morgan fingerprint density at radius 2 is 1.74 bits per heavy atom. The van der Waals surface area contributed by atoms with Gasteiger partial charge < -0.3 is 19.7 Å². The van der Waals surface area contributed by atoms with Gasteiger partial charge in [-0.1, -0.05) is 17.7 Å². The van der Waals surface area contributed by atoms with E-state index in [4.69, 9.17) is 21.1 Å². The van der Waals surface area contributed by atoms with E-state index >= 15 is 0 Å². The van der Waals surface area contributed by atoms with E-state index in [1.807, 2.05) is 31.1 Å². The Hall–Kier alpha value is -2.38. The average Bonchev–Trinajstić information content (AvgIpc) is 2.64. The predicted octanol–water partition coefficient (Wildman–Crippen LogP) is 3.67. The highest BCUT2D eigenvalue weighted by atomic mass is 35.5. The number of halogens is 3. The first kappa shape index (κ1) is 20.9. The van der Waals surface area contributed by atoms with Gasteiger partial charge in [-0.3, -0.25) is 4.79 Å². The normalized spacial score (nSPS) is 12.0. The van der Waals surface area contributed by atoms with Crippen LogP contribution < -0.4 is 14.8 Å². The molecule has 1 amide bonds. The van der Waals surface area contributed by atoms with Gasteiger partial charge in [0, 0.05) is 6.54 Å². The van der Waals surface area contributed by atoms with E-state index in [0.29, 0.717) is 11.5 Å². The molecule has 0 aromatic heterocycles. The molecular formula is C19H21ClF2N2O3. The van der Waals surface area contributed by atoms with Crippen LogP contribution in [0, 0.1) is 11.6 Å². The minimum atomic E-state index is -1.13. The van der Waals surface area contributed by atoms with E-state index in [9.17, 15) is 13.6 Å². The van der Waals surface area contributed by atoms with Crippen molar-refractivity contribution in [3.63, 3.8) is 0 Å². The number of carbonyl (C=O) groups is 1. The number of methoxy groups -OCH3 is 2. The molecule has 146 valence electrons. The van der Waals surface area contributed by atoms with Crippen LogP contribution in [0.3, 0.4) is 0 Å². The Morgan fingerprint density at radius 1 is 1.11 bits per heavy atom. The lowest BCUT2D eigenvalue weighted by atomic mass is 10.0. The summed E-state index contributed by atoms with van der Waals surface area (Å²) in [5, 5.41) is 2.55. The maximum absolute atomic E-state index is 13.4. The quantitative estimate of drug-likeness (QED) is 0.723. The van der Waals surface area contributed by atoms with Crippen LogP contribution in [0.25, 0.3) is 0 Å². The first-order chi connectivity index (χ1) is 12.8. The van der Waals surface area contributed by atoms with Gasteiger partial charge in [0.15, 0.2) is 23.1 Å². The fraction of sp³-hybridized carbons (Fsp3) is 0.316.